The number of Topliss-reactive ketones (excluding diaryl/α,β-unsaturated/α-hetero) is 1. The van der Waals surface area contributed by atoms with Crippen molar-refractivity contribution in [1.82, 2.24) is 0 Å². The fourth-order valence-corrected chi connectivity index (χ4v) is 4.19. The Morgan fingerprint density at radius 1 is 1.23 bits per heavy atom. The Morgan fingerprint density at radius 2 is 1.96 bits per heavy atom. The molecule has 0 unspecified atom stereocenters. The number of carboxylic acids is 1. The molecule has 2 aliphatic carbocycles. The summed E-state index contributed by atoms with van der Waals surface area (Å²) in [6, 6.07) is 0. The van der Waals surface area contributed by atoms with Gasteiger partial charge in [-0.15, -0.1) is 0 Å². The Morgan fingerprint density at radius 3 is 2.62 bits per heavy atom. The van der Waals surface area contributed by atoms with E-state index in [1.807, 2.05) is 6.08 Å². The fraction of sp³-hybridized carbons (Fsp3) is 0.810. The van der Waals surface area contributed by atoms with Crippen molar-refractivity contribution >= 4 is 11.8 Å². The standard InChI is InChI=1S/C21H34O5/c1-2-3-4-8-15(22)10-11-17-16(19(23)13-20(17)24)9-6-5-7-14-12-18(14)21(25)26/h10-11,14-18,20,22,24H,2-9,12-13H2,1H3,(H,25,26)/t14-,15+,16-,17-,18-,20-/m1/s1. The molecular formula is C21H34O5. The van der Waals surface area contributed by atoms with Gasteiger partial charge in [-0.25, -0.2) is 0 Å². The molecule has 0 amide bonds. The highest BCUT2D eigenvalue weighted by Crippen LogP contribution is 2.43. The van der Waals surface area contributed by atoms with Crippen LogP contribution in [0.2, 0.25) is 0 Å². The molecule has 5 heteroatoms. The first-order valence-electron chi connectivity index (χ1n) is 10.2. The molecule has 0 saturated heterocycles. The molecule has 2 saturated carbocycles. The minimum Gasteiger partial charge on any atom is -0.481 e. The number of hydrogen-bond donors (Lipinski definition) is 3. The number of aliphatic hydroxyl groups excluding tert-OH is 2. The van der Waals surface area contributed by atoms with Crippen LogP contribution >= 0.6 is 0 Å². The third-order valence-electron chi connectivity index (χ3n) is 5.97. The zero-order valence-electron chi connectivity index (χ0n) is 15.8. The molecule has 0 radical (unpaired) electrons. The molecule has 5 nitrogen and oxygen atoms in total. The first-order chi connectivity index (χ1) is 12.4. The number of carbonyl (C=O) groups is 2. The Kier molecular flexibility index (Phi) is 8.29. The molecule has 0 aromatic heterocycles. The van der Waals surface area contributed by atoms with E-state index < -0.39 is 18.2 Å². The van der Waals surface area contributed by atoms with Crippen LogP contribution in [-0.2, 0) is 9.59 Å². The van der Waals surface area contributed by atoms with Gasteiger partial charge in [0.2, 0.25) is 0 Å². The topological polar surface area (TPSA) is 94.8 Å². The van der Waals surface area contributed by atoms with E-state index in [4.69, 9.17) is 5.11 Å². The average molecular weight is 366 g/mol. The summed E-state index contributed by atoms with van der Waals surface area (Å²) in [5.74, 6) is -0.787. The number of ketones is 1. The van der Waals surface area contributed by atoms with Crippen LogP contribution in [0.15, 0.2) is 12.2 Å². The van der Waals surface area contributed by atoms with Gasteiger partial charge in [-0.05, 0) is 31.6 Å². The van der Waals surface area contributed by atoms with E-state index in [1.165, 1.54) is 0 Å². The van der Waals surface area contributed by atoms with Crippen LogP contribution in [-0.4, -0.2) is 39.3 Å². The summed E-state index contributed by atoms with van der Waals surface area (Å²) in [7, 11) is 0. The lowest BCUT2D eigenvalue weighted by molar-refractivity contribution is -0.138. The maximum absolute atomic E-state index is 12.2. The summed E-state index contributed by atoms with van der Waals surface area (Å²) in [5, 5.41) is 29.1. The summed E-state index contributed by atoms with van der Waals surface area (Å²) in [5.41, 5.74) is 0. The normalized spacial score (nSPS) is 32.3. The van der Waals surface area contributed by atoms with E-state index in [2.05, 4.69) is 6.92 Å². The lowest BCUT2D eigenvalue weighted by atomic mass is 9.88. The van der Waals surface area contributed by atoms with E-state index >= 15 is 0 Å². The molecule has 0 aromatic rings. The molecular weight excluding hydrogens is 332 g/mol. The summed E-state index contributed by atoms with van der Waals surface area (Å²) < 4.78 is 0. The molecule has 0 bridgehead atoms. The van der Waals surface area contributed by atoms with Crippen molar-refractivity contribution in [2.75, 3.05) is 0 Å². The highest BCUT2D eigenvalue weighted by atomic mass is 16.4. The van der Waals surface area contributed by atoms with Gasteiger partial charge in [-0.3, -0.25) is 9.59 Å². The SMILES string of the molecule is CCCCC[C@H](O)C=C[C@H]1[C@H](O)CC(=O)[C@@H]1CCCC[C@@H]1C[C@H]1C(=O)O. The zero-order chi connectivity index (χ0) is 19.1. The first-order valence-corrected chi connectivity index (χ1v) is 10.2. The first kappa shape index (κ1) is 21.1. The average Bonchev–Trinajstić information content (AvgIpc) is 3.31. The molecule has 0 heterocycles. The van der Waals surface area contributed by atoms with Crippen LogP contribution in [0.5, 0.6) is 0 Å². The van der Waals surface area contributed by atoms with Crippen LogP contribution in [0.25, 0.3) is 0 Å². The highest BCUT2D eigenvalue weighted by molar-refractivity contribution is 5.84. The monoisotopic (exact) mass is 366 g/mol. The number of rotatable bonds is 12. The number of aliphatic hydroxyl groups is 2. The van der Waals surface area contributed by atoms with Crippen LogP contribution in [0.3, 0.4) is 0 Å². The largest absolute Gasteiger partial charge is 0.481 e. The van der Waals surface area contributed by atoms with Crippen molar-refractivity contribution in [3.05, 3.63) is 12.2 Å². The van der Waals surface area contributed by atoms with Crippen molar-refractivity contribution < 1.29 is 24.9 Å². The van der Waals surface area contributed by atoms with Gasteiger partial charge >= 0.3 is 5.97 Å². The molecule has 148 valence electrons. The lowest BCUT2D eigenvalue weighted by Gasteiger charge is -2.18. The molecule has 2 aliphatic rings. The van der Waals surface area contributed by atoms with Gasteiger partial charge in [0.15, 0.2) is 0 Å². The predicted molar refractivity (Wildman–Crippen MR) is 99.6 cm³/mol. The minimum atomic E-state index is -0.688. The highest BCUT2D eigenvalue weighted by Gasteiger charge is 2.43. The Bertz CT molecular complexity index is 501. The Labute approximate surface area is 156 Å². The molecule has 0 aliphatic heterocycles. The molecule has 3 N–H and O–H groups in total. The predicted octanol–water partition coefficient (Wildman–Crippen LogP) is 3.33. The van der Waals surface area contributed by atoms with Crippen molar-refractivity contribution in [3.63, 3.8) is 0 Å². The number of unbranched alkanes of at least 4 members (excludes halogenated alkanes) is 3. The number of carbonyl (C=O) groups excluding carboxylic acids is 1. The molecule has 0 spiro atoms. The summed E-state index contributed by atoms with van der Waals surface area (Å²) in [4.78, 5) is 23.0. The van der Waals surface area contributed by atoms with Gasteiger partial charge in [-0.2, -0.15) is 0 Å². The van der Waals surface area contributed by atoms with E-state index in [1.54, 1.807) is 6.08 Å². The van der Waals surface area contributed by atoms with Gasteiger partial charge in [0.05, 0.1) is 18.1 Å². The van der Waals surface area contributed by atoms with E-state index in [0.717, 1.165) is 57.8 Å². The fourth-order valence-electron chi connectivity index (χ4n) is 4.19. The second-order valence-corrected chi connectivity index (χ2v) is 8.09. The van der Waals surface area contributed by atoms with Crippen LogP contribution in [0, 0.1) is 23.7 Å². The van der Waals surface area contributed by atoms with Gasteiger partial charge in [0.1, 0.15) is 5.78 Å². The number of aliphatic carboxylic acids is 1. The summed E-state index contributed by atoms with van der Waals surface area (Å²) >= 11 is 0. The van der Waals surface area contributed by atoms with Crippen LogP contribution in [0.4, 0.5) is 0 Å². The maximum Gasteiger partial charge on any atom is 0.306 e. The van der Waals surface area contributed by atoms with Gasteiger partial charge < -0.3 is 15.3 Å². The van der Waals surface area contributed by atoms with Crippen LogP contribution < -0.4 is 0 Å². The third kappa shape index (κ3) is 6.20. The molecule has 0 aromatic carbocycles. The maximum atomic E-state index is 12.2. The zero-order valence-corrected chi connectivity index (χ0v) is 15.8. The smallest absolute Gasteiger partial charge is 0.306 e. The molecule has 2 rings (SSSR count). The number of carboxylic acid groups (broad SMARTS) is 1. The molecule has 6 atom stereocenters. The summed E-state index contributed by atoms with van der Waals surface area (Å²) in [6.07, 6.45) is 10.8. The van der Waals surface area contributed by atoms with Crippen molar-refractivity contribution in [3.8, 4) is 0 Å². The van der Waals surface area contributed by atoms with Crippen molar-refractivity contribution in [2.45, 2.75) is 83.3 Å². The lowest BCUT2D eigenvalue weighted by Crippen LogP contribution is -2.19. The van der Waals surface area contributed by atoms with E-state index in [9.17, 15) is 19.8 Å². The Hall–Kier alpha value is -1.20. The molecule has 2 fully saturated rings. The second kappa shape index (κ2) is 10.2. The number of hydrogen-bond acceptors (Lipinski definition) is 4. The third-order valence-corrected chi connectivity index (χ3v) is 5.97. The minimum absolute atomic E-state index is 0.113. The summed E-state index contributed by atoms with van der Waals surface area (Å²) in [6.45, 7) is 2.12. The molecule has 26 heavy (non-hydrogen) atoms. The van der Waals surface area contributed by atoms with Crippen molar-refractivity contribution in [2.24, 2.45) is 23.7 Å². The van der Waals surface area contributed by atoms with Gasteiger partial charge in [0.25, 0.3) is 0 Å². The second-order valence-electron chi connectivity index (χ2n) is 8.09. The van der Waals surface area contributed by atoms with Crippen molar-refractivity contribution in [1.29, 1.82) is 0 Å². The van der Waals surface area contributed by atoms with E-state index in [-0.39, 0.29) is 30.0 Å². The van der Waals surface area contributed by atoms with E-state index in [0.29, 0.717) is 5.92 Å². The quantitative estimate of drug-likeness (QED) is 0.364. The van der Waals surface area contributed by atoms with Gasteiger partial charge in [0, 0.05) is 18.3 Å². The Balaban J connectivity index is 1.74. The van der Waals surface area contributed by atoms with Crippen LogP contribution in [0.1, 0.15) is 71.1 Å². The van der Waals surface area contributed by atoms with Gasteiger partial charge in [-0.1, -0.05) is 51.2 Å².